The third-order valence-electron chi connectivity index (χ3n) is 5.44. The van der Waals surface area contributed by atoms with Gasteiger partial charge in [0.15, 0.2) is 0 Å². The van der Waals surface area contributed by atoms with Crippen LogP contribution in [0.2, 0.25) is 5.02 Å². The standard InChI is InChI=1S/C28H31ClN2O2/c1-20(2)30-28(33)26(17-22-7-5-4-6-8-22)31(19-24-13-15-25(29)16-14-24)27(32)18-23-11-9-21(3)10-12-23/h4-16,20,26H,17-19H2,1-3H3,(H,30,33)/t26-/m1/s1. The second kappa shape index (κ2) is 11.7. The number of rotatable bonds is 9. The fraction of sp³-hybridized carbons (Fsp3) is 0.286. The van der Waals surface area contributed by atoms with Gasteiger partial charge in [0, 0.05) is 24.0 Å². The molecule has 1 atom stereocenters. The molecule has 0 fully saturated rings. The summed E-state index contributed by atoms with van der Waals surface area (Å²) in [6, 6.07) is 24.5. The lowest BCUT2D eigenvalue weighted by Gasteiger charge is -2.32. The Labute approximate surface area is 201 Å². The van der Waals surface area contributed by atoms with Crippen LogP contribution in [0.15, 0.2) is 78.9 Å². The van der Waals surface area contributed by atoms with Crippen molar-refractivity contribution in [2.24, 2.45) is 0 Å². The average Bonchev–Trinajstić information content (AvgIpc) is 2.79. The number of hydrogen-bond donors (Lipinski definition) is 1. The Kier molecular flexibility index (Phi) is 8.67. The Hall–Kier alpha value is -3.11. The molecule has 0 unspecified atom stereocenters. The van der Waals surface area contributed by atoms with Crippen molar-refractivity contribution < 1.29 is 9.59 Å². The van der Waals surface area contributed by atoms with Crippen molar-refractivity contribution >= 4 is 23.4 Å². The van der Waals surface area contributed by atoms with E-state index in [0.717, 1.165) is 22.3 Å². The first-order chi connectivity index (χ1) is 15.8. The van der Waals surface area contributed by atoms with Crippen LogP contribution in [0, 0.1) is 6.92 Å². The highest BCUT2D eigenvalue weighted by Crippen LogP contribution is 2.18. The lowest BCUT2D eigenvalue weighted by Crippen LogP contribution is -2.52. The maximum atomic E-state index is 13.6. The van der Waals surface area contributed by atoms with Gasteiger partial charge in [-0.25, -0.2) is 0 Å². The van der Waals surface area contributed by atoms with Crippen molar-refractivity contribution in [3.63, 3.8) is 0 Å². The smallest absolute Gasteiger partial charge is 0.243 e. The molecule has 0 radical (unpaired) electrons. The van der Waals surface area contributed by atoms with Crippen LogP contribution in [0.25, 0.3) is 0 Å². The van der Waals surface area contributed by atoms with Gasteiger partial charge < -0.3 is 10.2 Å². The number of nitrogens with zero attached hydrogens (tertiary/aromatic N) is 1. The van der Waals surface area contributed by atoms with Crippen molar-refractivity contribution in [3.05, 3.63) is 106 Å². The summed E-state index contributed by atoms with van der Waals surface area (Å²) in [5.74, 6) is -0.242. The topological polar surface area (TPSA) is 49.4 Å². The lowest BCUT2D eigenvalue weighted by molar-refractivity contribution is -0.141. The van der Waals surface area contributed by atoms with E-state index in [1.807, 2.05) is 87.5 Å². The molecule has 3 aromatic carbocycles. The highest BCUT2D eigenvalue weighted by molar-refractivity contribution is 6.30. The summed E-state index contributed by atoms with van der Waals surface area (Å²) in [6.07, 6.45) is 0.667. The van der Waals surface area contributed by atoms with Gasteiger partial charge in [-0.1, -0.05) is 83.9 Å². The minimum Gasteiger partial charge on any atom is -0.352 e. The van der Waals surface area contributed by atoms with Crippen LogP contribution in [0.1, 0.15) is 36.1 Å². The third kappa shape index (κ3) is 7.47. The van der Waals surface area contributed by atoms with Crippen LogP contribution < -0.4 is 5.32 Å². The largest absolute Gasteiger partial charge is 0.352 e. The summed E-state index contributed by atoms with van der Waals surface area (Å²) in [5.41, 5.74) is 4.00. The quantitative estimate of drug-likeness (QED) is 0.465. The van der Waals surface area contributed by atoms with E-state index in [9.17, 15) is 9.59 Å². The first-order valence-corrected chi connectivity index (χ1v) is 11.6. The number of benzene rings is 3. The van der Waals surface area contributed by atoms with Crippen molar-refractivity contribution in [2.75, 3.05) is 0 Å². The second-order valence-corrected chi connectivity index (χ2v) is 9.12. The van der Waals surface area contributed by atoms with Crippen LogP contribution in [0.3, 0.4) is 0 Å². The highest BCUT2D eigenvalue weighted by atomic mass is 35.5. The van der Waals surface area contributed by atoms with Gasteiger partial charge in [0.05, 0.1) is 6.42 Å². The second-order valence-electron chi connectivity index (χ2n) is 8.68. The molecule has 1 N–H and O–H groups in total. The molecule has 0 saturated carbocycles. The monoisotopic (exact) mass is 462 g/mol. The molecule has 33 heavy (non-hydrogen) atoms. The molecule has 3 aromatic rings. The number of hydrogen-bond acceptors (Lipinski definition) is 2. The minimum absolute atomic E-state index is 0.0274. The Morgan fingerprint density at radius 3 is 2.06 bits per heavy atom. The van der Waals surface area contributed by atoms with Crippen LogP contribution >= 0.6 is 11.6 Å². The molecule has 5 heteroatoms. The Balaban J connectivity index is 1.95. The van der Waals surface area contributed by atoms with Crippen molar-refractivity contribution in [3.8, 4) is 0 Å². The molecular formula is C28H31ClN2O2. The minimum atomic E-state index is -0.636. The molecular weight excluding hydrogens is 432 g/mol. The van der Waals surface area contributed by atoms with Crippen LogP contribution in [0.4, 0.5) is 0 Å². The number of halogens is 1. The summed E-state index contributed by atoms with van der Waals surface area (Å²) < 4.78 is 0. The average molecular weight is 463 g/mol. The summed E-state index contributed by atoms with van der Waals surface area (Å²) in [4.78, 5) is 28.6. The van der Waals surface area contributed by atoms with E-state index >= 15 is 0 Å². The lowest BCUT2D eigenvalue weighted by atomic mass is 10.0. The summed E-state index contributed by atoms with van der Waals surface area (Å²) in [6.45, 7) is 6.19. The first kappa shape index (κ1) is 24.5. The number of carbonyl (C=O) groups is 2. The van der Waals surface area contributed by atoms with Crippen molar-refractivity contribution in [1.29, 1.82) is 0 Å². The predicted molar refractivity (Wildman–Crippen MR) is 134 cm³/mol. The van der Waals surface area contributed by atoms with E-state index in [2.05, 4.69) is 5.32 Å². The van der Waals surface area contributed by atoms with E-state index in [4.69, 9.17) is 11.6 Å². The number of nitrogens with one attached hydrogen (secondary N) is 1. The van der Waals surface area contributed by atoms with Gasteiger partial charge >= 0.3 is 0 Å². The highest BCUT2D eigenvalue weighted by Gasteiger charge is 2.30. The zero-order valence-electron chi connectivity index (χ0n) is 19.4. The SMILES string of the molecule is Cc1ccc(CC(=O)N(Cc2ccc(Cl)cc2)[C@H](Cc2ccccc2)C(=O)NC(C)C)cc1. The Morgan fingerprint density at radius 1 is 0.848 bits per heavy atom. The number of carbonyl (C=O) groups excluding carboxylic acids is 2. The number of amides is 2. The molecule has 0 saturated heterocycles. The van der Waals surface area contributed by atoms with E-state index in [1.54, 1.807) is 17.0 Å². The summed E-state index contributed by atoms with van der Waals surface area (Å²) in [5, 5.41) is 3.64. The zero-order chi connectivity index (χ0) is 23.8. The van der Waals surface area contributed by atoms with E-state index in [0.29, 0.717) is 18.0 Å². The maximum Gasteiger partial charge on any atom is 0.243 e. The molecule has 0 spiro atoms. The van der Waals surface area contributed by atoms with Crippen LogP contribution in [0.5, 0.6) is 0 Å². The van der Waals surface area contributed by atoms with Crippen LogP contribution in [-0.4, -0.2) is 28.8 Å². The van der Waals surface area contributed by atoms with Gasteiger partial charge in [0.2, 0.25) is 11.8 Å². The van der Waals surface area contributed by atoms with Gasteiger partial charge in [0.1, 0.15) is 6.04 Å². The van der Waals surface area contributed by atoms with Gasteiger partial charge in [-0.05, 0) is 49.6 Å². The first-order valence-electron chi connectivity index (χ1n) is 11.3. The van der Waals surface area contributed by atoms with Gasteiger partial charge in [-0.2, -0.15) is 0 Å². The molecule has 3 rings (SSSR count). The molecule has 0 aromatic heterocycles. The fourth-order valence-corrected chi connectivity index (χ4v) is 3.83. The summed E-state index contributed by atoms with van der Waals surface area (Å²) in [7, 11) is 0. The summed E-state index contributed by atoms with van der Waals surface area (Å²) >= 11 is 6.06. The number of aryl methyl sites for hydroxylation is 1. The zero-order valence-corrected chi connectivity index (χ0v) is 20.2. The Morgan fingerprint density at radius 2 is 1.45 bits per heavy atom. The van der Waals surface area contributed by atoms with E-state index in [1.165, 1.54) is 0 Å². The van der Waals surface area contributed by atoms with Crippen molar-refractivity contribution in [1.82, 2.24) is 10.2 Å². The molecule has 0 heterocycles. The van der Waals surface area contributed by atoms with E-state index < -0.39 is 6.04 Å². The molecule has 0 aliphatic heterocycles. The maximum absolute atomic E-state index is 13.6. The molecule has 2 amide bonds. The molecule has 172 valence electrons. The van der Waals surface area contributed by atoms with Gasteiger partial charge in [-0.3, -0.25) is 9.59 Å². The van der Waals surface area contributed by atoms with Crippen LogP contribution in [-0.2, 0) is 29.0 Å². The molecule has 4 nitrogen and oxygen atoms in total. The third-order valence-corrected chi connectivity index (χ3v) is 5.70. The molecule has 0 aliphatic carbocycles. The van der Waals surface area contributed by atoms with Crippen molar-refractivity contribution in [2.45, 2.75) is 52.2 Å². The van der Waals surface area contributed by atoms with Gasteiger partial charge in [-0.15, -0.1) is 0 Å². The Bertz CT molecular complexity index is 1050. The van der Waals surface area contributed by atoms with Gasteiger partial charge in [0.25, 0.3) is 0 Å². The van der Waals surface area contributed by atoms with E-state index in [-0.39, 0.29) is 24.3 Å². The normalized spacial score (nSPS) is 11.8. The fourth-order valence-electron chi connectivity index (χ4n) is 3.70. The molecule has 0 bridgehead atoms. The molecule has 0 aliphatic rings. The predicted octanol–water partition coefficient (Wildman–Crippen LogP) is 5.36.